The SMILES string of the molecule is CC1CC/C=C/CCC1.COc1cc(C2c3cc4c(cc3C(OC3CC(O)CC(COCO)O3)C3COC(=O)C23)OCO4)cc(OC)c1OC(=O)N(C)CCN(C)C(=O)OCc1ccc(NC(=O)O)cc1.O=CO. The van der Waals surface area contributed by atoms with Crippen LogP contribution in [0.1, 0.15) is 86.1 Å². The number of aliphatic hydroxyl groups excluding tert-OH is 2. The van der Waals surface area contributed by atoms with Crippen LogP contribution in [0.5, 0.6) is 28.7 Å². The third-order valence-corrected chi connectivity index (χ3v) is 13.2. The Balaban J connectivity index is 0.000000658. The summed E-state index contributed by atoms with van der Waals surface area (Å²) in [6.07, 6.45) is 6.47. The highest BCUT2D eigenvalue weighted by atomic mass is 16.7. The molecule has 0 radical (unpaired) electrons. The number of amides is 3. The van der Waals surface area contributed by atoms with Crippen LogP contribution in [0.2, 0.25) is 0 Å². The van der Waals surface area contributed by atoms with E-state index in [1.165, 1.54) is 70.2 Å². The molecule has 2 saturated heterocycles. The van der Waals surface area contributed by atoms with Crippen molar-refractivity contribution in [2.75, 3.05) is 73.5 Å². The zero-order valence-corrected chi connectivity index (χ0v) is 42.2. The third-order valence-electron chi connectivity index (χ3n) is 13.2. The van der Waals surface area contributed by atoms with E-state index in [4.69, 9.17) is 62.4 Å². The first kappa shape index (κ1) is 56.4. The highest BCUT2D eigenvalue weighted by Gasteiger charge is 2.54. The van der Waals surface area contributed by atoms with E-state index >= 15 is 0 Å². The van der Waals surface area contributed by atoms with E-state index < -0.39 is 73.4 Å². The Labute approximate surface area is 428 Å². The Hall–Kier alpha value is -6.85. The van der Waals surface area contributed by atoms with E-state index in [-0.39, 0.29) is 69.8 Å². The smallest absolute Gasteiger partial charge is 0.415 e. The summed E-state index contributed by atoms with van der Waals surface area (Å²) in [7, 11) is 5.82. The fourth-order valence-corrected chi connectivity index (χ4v) is 9.41. The molecule has 22 nitrogen and oxygen atoms in total. The van der Waals surface area contributed by atoms with Gasteiger partial charge < -0.3 is 77.6 Å². The molecule has 3 amide bonds. The average Bonchev–Trinajstić information content (AvgIpc) is 4.01. The molecule has 2 aliphatic carbocycles. The molecule has 3 aromatic carbocycles. The number of nitrogens with zero attached hydrogens (tertiary/aromatic N) is 2. The summed E-state index contributed by atoms with van der Waals surface area (Å²) in [4.78, 5) is 61.6. The number of hydrogen-bond donors (Lipinski definition) is 5. The van der Waals surface area contributed by atoms with Gasteiger partial charge in [-0.25, -0.2) is 14.4 Å². The quantitative estimate of drug-likeness (QED) is 0.0448. The number of rotatable bonds is 15. The highest BCUT2D eigenvalue weighted by Crippen LogP contribution is 2.57. The monoisotopic (exact) mass is 1040 g/mol. The Morgan fingerprint density at radius 1 is 0.878 bits per heavy atom. The van der Waals surface area contributed by atoms with Crippen molar-refractivity contribution in [3.05, 3.63) is 82.9 Å². The molecule has 74 heavy (non-hydrogen) atoms. The molecule has 2 fully saturated rings. The van der Waals surface area contributed by atoms with Crippen LogP contribution in [0.3, 0.4) is 0 Å². The molecule has 8 atom stereocenters. The van der Waals surface area contributed by atoms with Gasteiger partial charge in [0.05, 0.1) is 51.7 Å². The number of fused-ring (bicyclic) bond motifs is 3. The maximum atomic E-state index is 13.8. The maximum Gasteiger partial charge on any atom is 0.415 e. The Kier molecular flexibility index (Phi) is 20.9. The van der Waals surface area contributed by atoms with Crippen LogP contribution in [0.15, 0.2) is 60.7 Å². The number of carbonyl (C=O) groups is 5. The minimum absolute atomic E-state index is 0.00370. The molecule has 3 aliphatic heterocycles. The van der Waals surface area contributed by atoms with Crippen molar-refractivity contribution in [1.29, 1.82) is 0 Å². The number of carbonyl (C=O) groups excluding carboxylic acids is 3. The molecule has 22 heteroatoms. The molecule has 8 unspecified atom stereocenters. The fraction of sp³-hybridized carbons (Fsp3) is 0.519. The van der Waals surface area contributed by atoms with E-state index in [1.54, 1.807) is 36.4 Å². The van der Waals surface area contributed by atoms with E-state index in [0.717, 1.165) is 5.92 Å². The van der Waals surface area contributed by atoms with Gasteiger partial charge in [0.15, 0.2) is 29.3 Å². The van der Waals surface area contributed by atoms with Crippen LogP contribution >= 0.6 is 0 Å². The van der Waals surface area contributed by atoms with Gasteiger partial charge in [-0.3, -0.25) is 14.9 Å². The van der Waals surface area contributed by atoms with Gasteiger partial charge in [0.2, 0.25) is 12.5 Å². The summed E-state index contributed by atoms with van der Waals surface area (Å²) >= 11 is 0. The molecule has 5 aliphatic rings. The zero-order chi connectivity index (χ0) is 53.3. The molecular weight excluding hydrogens is 971 g/mol. The van der Waals surface area contributed by atoms with Gasteiger partial charge in [-0.15, -0.1) is 0 Å². The predicted molar refractivity (Wildman–Crippen MR) is 262 cm³/mol. The topological polar surface area (TPSA) is 277 Å². The standard InChI is InChI=1S/C42H49N3O17.C9H16.CH2O2/c1-44(41(51)57-17-22-5-7-24(8-6-22)43-40(49)50)9-10-45(2)42(52)62-38-32(53-3)11-23(12-33(38)54-4)35-27-15-30-31(59-21-58-30)16-28(27)37(29-19-56-39(48)36(29)35)61-34-14-25(47)13-26(60-34)18-55-20-46;1-9-7-5-3-2-4-6-8-9;2-1-3/h5-8,11-12,15-16,25-26,29,34-37,43,46-47H,9-10,13-14,17-21H2,1-4H3,(H,49,50);2-3,9H,4-8H2,1H3;1H,(H,2,3)/b;3-2+;. The number of cyclic esters (lactones) is 1. The molecule has 0 saturated carbocycles. The van der Waals surface area contributed by atoms with Crippen LogP contribution in [0.4, 0.5) is 20.1 Å². The summed E-state index contributed by atoms with van der Waals surface area (Å²) in [5, 5.41) is 37.8. The van der Waals surface area contributed by atoms with Crippen LogP contribution in [-0.2, 0) is 39.9 Å². The Bertz CT molecular complexity index is 2380. The van der Waals surface area contributed by atoms with Gasteiger partial charge >= 0.3 is 24.2 Å². The van der Waals surface area contributed by atoms with Crippen molar-refractivity contribution < 1.29 is 91.8 Å². The third kappa shape index (κ3) is 14.9. The number of ether oxygens (including phenoxy) is 10. The second-order valence-corrected chi connectivity index (χ2v) is 18.3. The zero-order valence-electron chi connectivity index (χ0n) is 42.2. The lowest BCUT2D eigenvalue weighted by molar-refractivity contribution is -0.254. The lowest BCUT2D eigenvalue weighted by Crippen LogP contribution is -2.43. The van der Waals surface area contributed by atoms with E-state index in [0.29, 0.717) is 45.9 Å². The molecular formula is C52H67N3O19. The van der Waals surface area contributed by atoms with Crippen molar-refractivity contribution in [2.45, 2.75) is 89.0 Å². The second kappa shape index (κ2) is 27.4. The molecule has 0 bridgehead atoms. The summed E-state index contributed by atoms with van der Waals surface area (Å²) in [6.45, 7) is 1.80. The first-order chi connectivity index (χ1) is 35.7. The first-order valence-corrected chi connectivity index (χ1v) is 24.3. The molecule has 404 valence electrons. The number of hydrogen-bond acceptors (Lipinski definition) is 17. The average molecular weight is 1040 g/mol. The first-order valence-electron chi connectivity index (χ1n) is 24.3. The van der Waals surface area contributed by atoms with Crippen LogP contribution in [-0.4, -0.2) is 148 Å². The number of benzene rings is 3. The van der Waals surface area contributed by atoms with Crippen molar-refractivity contribution >= 4 is 36.4 Å². The van der Waals surface area contributed by atoms with Crippen LogP contribution in [0, 0.1) is 17.8 Å². The minimum Gasteiger partial charge on any atom is -0.493 e. The molecule has 3 aromatic rings. The molecule has 5 N–H and O–H groups in total. The fourth-order valence-electron chi connectivity index (χ4n) is 9.41. The molecule has 0 spiro atoms. The van der Waals surface area contributed by atoms with Crippen LogP contribution < -0.4 is 29.0 Å². The lowest BCUT2D eigenvalue weighted by Gasteiger charge is -2.42. The Morgan fingerprint density at radius 3 is 2.18 bits per heavy atom. The summed E-state index contributed by atoms with van der Waals surface area (Å²) < 4.78 is 57.9. The van der Waals surface area contributed by atoms with Crippen molar-refractivity contribution in [2.24, 2.45) is 17.8 Å². The number of allylic oxidation sites excluding steroid dienone is 2. The number of likely N-dealkylation sites (N-methyl/N-ethyl adjacent to an activating group) is 2. The van der Waals surface area contributed by atoms with Crippen molar-refractivity contribution in [3.8, 4) is 28.7 Å². The number of aliphatic hydroxyl groups is 2. The number of nitrogens with one attached hydrogen (secondary N) is 1. The largest absolute Gasteiger partial charge is 0.493 e. The molecule has 8 rings (SSSR count). The Morgan fingerprint density at radius 2 is 1.53 bits per heavy atom. The predicted octanol–water partition coefficient (Wildman–Crippen LogP) is 6.89. The van der Waals surface area contributed by atoms with Gasteiger partial charge in [-0.05, 0) is 90.3 Å². The van der Waals surface area contributed by atoms with Gasteiger partial charge in [0.1, 0.15) is 13.4 Å². The van der Waals surface area contributed by atoms with Gasteiger partial charge in [0, 0.05) is 57.5 Å². The summed E-state index contributed by atoms with van der Waals surface area (Å²) in [6, 6.07) is 13.3. The van der Waals surface area contributed by atoms with Crippen LogP contribution in [0.25, 0.3) is 0 Å². The maximum absolute atomic E-state index is 13.8. The normalized spacial score (nSPS) is 23.7. The lowest BCUT2D eigenvalue weighted by atomic mass is 9.66. The number of anilines is 1. The molecule has 3 heterocycles. The number of esters is 1. The van der Waals surface area contributed by atoms with E-state index in [9.17, 15) is 29.4 Å². The number of methoxy groups -OCH3 is 2. The van der Waals surface area contributed by atoms with E-state index in [2.05, 4.69) is 24.4 Å². The summed E-state index contributed by atoms with van der Waals surface area (Å²) in [5.41, 5.74) is 2.97. The van der Waals surface area contributed by atoms with Gasteiger partial charge in [0.25, 0.3) is 6.47 Å². The highest BCUT2D eigenvalue weighted by molar-refractivity contribution is 5.83. The minimum atomic E-state index is -1.19. The molecule has 0 aromatic heterocycles. The summed E-state index contributed by atoms with van der Waals surface area (Å²) in [5.74, 6) is -0.206. The van der Waals surface area contributed by atoms with Gasteiger partial charge in [-0.1, -0.05) is 37.6 Å². The van der Waals surface area contributed by atoms with E-state index in [1.807, 2.05) is 12.1 Å². The van der Waals surface area contributed by atoms with Crippen molar-refractivity contribution in [3.63, 3.8) is 0 Å². The number of carboxylic acid groups (broad SMARTS) is 2. The van der Waals surface area contributed by atoms with Crippen molar-refractivity contribution in [1.82, 2.24) is 9.80 Å². The second-order valence-electron chi connectivity index (χ2n) is 18.3. The van der Waals surface area contributed by atoms with Gasteiger partial charge in [-0.2, -0.15) is 0 Å².